The van der Waals surface area contributed by atoms with Gasteiger partial charge in [0.1, 0.15) is 0 Å². The fourth-order valence-electron chi connectivity index (χ4n) is 1.88. The summed E-state index contributed by atoms with van der Waals surface area (Å²) < 4.78 is 37.3. The van der Waals surface area contributed by atoms with Gasteiger partial charge in [-0.2, -0.15) is 13.2 Å². The zero-order chi connectivity index (χ0) is 14.8. The molecule has 0 saturated carbocycles. The van der Waals surface area contributed by atoms with Crippen LogP contribution in [0.15, 0.2) is 48.5 Å². The normalized spacial score (nSPS) is 13.2. The number of rotatable bonds is 3. The van der Waals surface area contributed by atoms with Crippen LogP contribution in [0, 0.1) is 0 Å². The molecule has 1 unspecified atom stereocenters. The van der Waals surface area contributed by atoms with E-state index in [0.717, 1.165) is 12.1 Å². The van der Waals surface area contributed by atoms with Crippen molar-refractivity contribution in [2.45, 2.75) is 18.7 Å². The van der Waals surface area contributed by atoms with Gasteiger partial charge in [-0.05, 0) is 35.4 Å². The van der Waals surface area contributed by atoms with Crippen LogP contribution in [0.25, 0.3) is 0 Å². The minimum absolute atomic E-state index is 0.235. The summed E-state index contributed by atoms with van der Waals surface area (Å²) in [5, 5.41) is 10.6. The van der Waals surface area contributed by atoms with Crippen molar-refractivity contribution in [3.63, 3.8) is 0 Å². The lowest BCUT2D eigenvalue weighted by atomic mass is 10.0. The summed E-state index contributed by atoms with van der Waals surface area (Å²) in [6.45, 7) is 0. The molecule has 2 rings (SSSR count). The molecule has 0 aliphatic heterocycles. The van der Waals surface area contributed by atoms with Crippen molar-refractivity contribution in [2.24, 2.45) is 0 Å². The van der Waals surface area contributed by atoms with E-state index in [4.69, 9.17) is 11.6 Å². The van der Waals surface area contributed by atoms with Gasteiger partial charge in [0.05, 0.1) is 11.7 Å². The van der Waals surface area contributed by atoms with E-state index in [1.54, 1.807) is 24.3 Å². The first-order valence-corrected chi connectivity index (χ1v) is 6.34. The molecule has 0 radical (unpaired) electrons. The van der Waals surface area contributed by atoms with E-state index in [0.29, 0.717) is 16.1 Å². The first kappa shape index (κ1) is 14.9. The lowest BCUT2D eigenvalue weighted by molar-refractivity contribution is -0.137. The van der Waals surface area contributed by atoms with Gasteiger partial charge in [0.25, 0.3) is 0 Å². The van der Waals surface area contributed by atoms with Crippen molar-refractivity contribution in [1.82, 2.24) is 0 Å². The maximum Gasteiger partial charge on any atom is 0.416 e. The van der Waals surface area contributed by atoms with Gasteiger partial charge in [0.2, 0.25) is 0 Å². The Morgan fingerprint density at radius 1 is 1.05 bits per heavy atom. The molecule has 0 spiro atoms. The molecule has 20 heavy (non-hydrogen) atoms. The molecule has 0 heterocycles. The molecule has 2 aromatic carbocycles. The van der Waals surface area contributed by atoms with Crippen molar-refractivity contribution in [1.29, 1.82) is 0 Å². The van der Waals surface area contributed by atoms with Crippen molar-refractivity contribution in [3.8, 4) is 0 Å². The van der Waals surface area contributed by atoms with Crippen molar-refractivity contribution in [2.75, 3.05) is 0 Å². The van der Waals surface area contributed by atoms with Gasteiger partial charge in [0.15, 0.2) is 0 Å². The third-order valence-electron chi connectivity index (χ3n) is 2.94. The highest BCUT2D eigenvalue weighted by Gasteiger charge is 2.29. The van der Waals surface area contributed by atoms with Crippen LogP contribution < -0.4 is 0 Å². The standard InChI is InChI=1S/C15H12ClF3O/c16-13-3-1-2-11(9-13)14(20)8-10-4-6-12(7-5-10)15(17,18)19/h1-7,9,14,20H,8H2. The molecule has 106 valence electrons. The molecular formula is C15H12ClF3O. The van der Waals surface area contributed by atoms with E-state index < -0.39 is 17.8 Å². The Hall–Kier alpha value is -1.52. The zero-order valence-corrected chi connectivity index (χ0v) is 11.1. The van der Waals surface area contributed by atoms with Gasteiger partial charge in [-0.25, -0.2) is 0 Å². The number of halogens is 4. The van der Waals surface area contributed by atoms with Gasteiger partial charge >= 0.3 is 6.18 Å². The Bertz CT molecular complexity index is 578. The van der Waals surface area contributed by atoms with Crippen LogP contribution in [0.5, 0.6) is 0 Å². The molecule has 0 saturated heterocycles. The molecule has 2 aromatic rings. The molecule has 1 atom stereocenters. The summed E-state index contributed by atoms with van der Waals surface area (Å²) in [4.78, 5) is 0. The summed E-state index contributed by atoms with van der Waals surface area (Å²) in [5.74, 6) is 0. The quantitative estimate of drug-likeness (QED) is 0.876. The smallest absolute Gasteiger partial charge is 0.388 e. The first-order valence-electron chi connectivity index (χ1n) is 5.96. The van der Waals surface area contributed by atoms with Gasteiger partial charge in [-0.1, -0.05) is 35.9 Å². The van der Waals surface area contributed by atoms with Crippen LogP contribution in [-0.2, 0) is 12.6 Å². The molecule has 1 N–H and O–H groups in total. The Morgan fingerprint density at radius 2 is 1.70 bits per heavy atom. The second-order valence-electron chi connectivity index (χ2n) is 4.47. The molecule has 0 amide bonds. The minimum atomic E-state index is -4.34. The van der Waals surface area contributed by atoms with Crippen LogP contribution in [-0.4, -0.2) is 5.11 Å². The highest BCUT2D eigenvalue weighted by atomic mass is 35.5. The molecule has 0 fully saturated rings. The number of benzene rings is 2. The number of aliphatic hydroxyl groups is 1. The van der Waals surface area contributed by atoms with Crippen LogP contribution in [0.4, 0.5) is 13.2 Å². The highest BCUT2D eigenvalue weighted by molar-refractivity contribution is 6.30. The van der Waals surface area contributed by atoms with Gasteiger partial charge in [-0.3, -0.25) is 0 Å². The predicted octanol–water partition coefficient (Wildman–Crippen LogP) is 4.63. The molecule has 5 heteroatoms. The maximum absolute atomic E-state index is 12.4. The Morgan fingerprint density at radius 3 is 2.25 bits per heavy atom. The lowest BCUT2D eigenvalue weighted by Gasteiger charge is -2.12. The van der Waals surface area contributed by atoms with E-state index in [-0.39, 0.29) is 6.42 Å². The van der Waals surface area contributed by atoms with Crippen molar-refractivity contribution in [3.05, 3.63) is 70.2 Å². The zero-order valence-electron chi connectivity index (χ0n) is 10.4. The summed E-state index contributed by atoms with van der Waals surface area (Å²) >= 11 is 5.83. The van der Waals surface area contributed by atoms with E-state index in [2.05, 4.69) is 0 Å². The number of alkyl halides is 3. The lowest BCUT2D eigenvalue weighted by Crippen LogP contribution is -2.06. The highest BCUT2D eigenvalue weighted by Crippen LogP contribution is 2.30. The minimum Gasteiger partial charge on any atom is -0.388 e. The Balaban J connectivity index is 2.10. The second kappa shape index (κ2) is 5.85. The van der Waals surface area contributed by atoms with Crippen molar-refractivity contribution >= 4 is 11.6 Å². The number of hydrogen-bond acceptors (Lipinski definition) is 1. The Kier molecular flexibility index (Phi) is 4.35. The average Bonchev–Trinajstić information content (AvgIpc) is 2.38. The van der Waals surface area contributed by atoms with E-state index in [1.165, 1.54) is 12.1 Å². The maximum atomic E-state index is 12.4. The number of hydrogen-bond donors (Lipinski definition) is 1. The van der Waals surface area contributed by atoms with Crippen LogP contribution in [0.2, 0.25) is 5.02 Å². The van der Waals surface area contributed by atoms with E-state index >= 15 is 0 Å². The van der Waals surface area contributed by atoms with Gasteiger partial charge in [0, 0.05) is 11.4 Å². The van der Waals surface area contributed by atoms with Crippen LogP contribution >= 0.6 is 11.6 Å². The summed E-state index contributed by atoms with van der Waals surface area (Å²) in [5.41, 5.74) is 0.571. The fraction of sp³-hybridized carbons (Fsp3) is 0.200. The SMILES string of the molecule is OC(Cc1ccc(C(F)(F)F)cc1)c1cccc(Cl)c1. The fourth-order valence-corrected chi connectivity index (χ4v) is 2.08. The predicted molar refractivity (Wildman–Crippen MR) is 71.6 cm³/mol. The summed E-state index contributed by atoms with van der Waals surface area (Å²) in [6, 6.07) is 11.5. The molecular weight excluding hydrogens is 289 g/mol. The number of aliphatic hydroxyl groups excluding tert-OH is 1. The van der Waals surface area contributed by atoms with E-state index in [9.17, 15) is 18.3 Å². The van der Waals surface area contributed by atoms with E-state index in [1.807, 2.05) is 0 Å². The van der Waals surface area contributed by atoms with Gasteiger partial charge < -0.3 is 5.11 Å². The first-order chi connectivity index (χ1) is 9.36. The second-order valence-corrected chi connectivity index (χ2v) is 4.91. The molecule has 1 nitrogen and oxygen atoms in total. The largest absolute Gasteiger partial charge is 0.416 e. The summed E-state index contributed by atoms with van der Waals surface area (Å²) in [7, 11) is 0. The average molecular weight is 301 g/mol. The topological polar surface area (TPSA) is 20.2 Å². The molecule has 0 bridgehead atoms. The van der Waals surface area contributed by atoms with Gasteiger partial charge in [-0.15, -0.1) is 0 Å². The third-order valence-corrected chi connectivity index (χ3v) is 3.18. The molecule has 0 aromatic heterocycles. The van der Waals surface area contributed by atoms with Crippen LogP contribution in [0.1, 0.15) is 22.8 Å². The summed E-state index contributed by atoms with van der Waals surface area (Å²) in [6.07, 6.45) is -4.91. The molecule has 0 aliphatic carbocycles. The third kappa shape index (κ3) is 3.74. The van der Waals surface area contributed by atoms with Crippen molar-refractivity contribution < 1.29 is 18.3 Å². The van der Waals surface area contributed by atoms with Crippen LogP contribution in [0.3, 0.4) is 0 Å². The monoisotopic (exact) mass is 300 g/mol. The Labute approximate surface area is 119 Å². The molecule has 0 aliphatic rings.